The fourth-order valence-electron chi connectivity index (χ4n) is 3.31. The van der Waals surface area contributed by atoms with Crippen molar-refractivity contribution in [3.63, 3.8) is 0 Å². The van der Waals surface area contributed by atoms with Crippen LogP contribution in [0.1, 0.15) is 22.2 Å². The van der Waals surface area contributed by atoms with E-state index < -0.39 is 0 Å². The van der Waals surface area contributed by atoms with Crippen LogP contribution in [0, 0.1) is 0 Å². The number of nitrogens with one attached hydrogen (secondary N) is 2. The number of carbonyl (C=O) groups excluding carboxylic acids is 2. The Bertz CT molecular complexity index is 831. The molecule has 2 aliphatic heterocycles. The summed E-state index contributed by atoms with van der Waals surface area (Å²) >= 11 is 0. The fourth-order valence-corrected chi connectivity index (χ4v) is 3.31. The molecule has 2 aliphatic rings. The van der Waals surface area contributed by atoms with Crippen molar-refractivity contribution < 1.29 is 14.3 Å². The third kappa shape index (κ3) is 2.74. The van der Waals surface area contributed by atoms with Gasteiger partial charge in [0.05, 0.1) is 11.3 Å². The third-order valence-electron chi connectivity index (χ3n) is 4.53. The molecular formula is C17H19N5O3. The largest absolute Gasteiger partial charge is 0.481 e. The Morgan fingerprint density at radius 2 is 2.28 bits per heavy atom. The molecule has 2 amide bonds. The van der Waals surface area contributed by atoms with Crippen molar-refractivity contribution in [3.8, 4) is 5.75 Å². The van der Waals surface area contributed by atoms with Crippen LogP contribution < -0.4 is 15.4 Å². The summed E-state index contributed by atoms with van der Waals surface area (Å²) in [5.41, 5.74) is 0.990. The normalized spacial score (nSPS) is 19.8. The van der Waals surface area contributed by atoms with Crippen LogP contribution in [0.2, 0.25) is 0 Å². The fraction of sp³-hybridized carbons (Fsp3) is 0.353. The molecular weight excluding hydrogens is 322 g/mol. The molecule has 8 heteroatoms. The van der Waals surface area contributed by atoms with Gasteiger partial charge in [-0.05, 0) is 12.1 Å². The van der Waals surface area contributed by atoms with Gasteiger partial charge in [-0.25, -0.2) is 4.98 Å². The van der Waals surface area contributed by atoms with E-state index >= 15 is 0 Å². The molecule has 2 aromatic rings. The summed E-state index contributed by atoms with van der Waals surface area (Å²) in [7, 11) is 1.92. The molecule has 1 aromatic carbocycles. The lowest BCUT2D eigenvalue weighted by atomic mass is 10.1. The van der Waals surface area contributed by atoms with E-state index in [1.165, 1.54) is 0 Å². The summed E-state index contributed by atoms with van der Waals surface area (Å²) in [4.78, 5) is 31.0. The number of hydrogen-bond donors (Lipinski definition) is 2. The Labute approximate surface area is 144 Å². The maximum Gasteiger partial charge on any atom is 0.262 e. The molecule has 0 saturated carbocycles. The highest BCUT2D eigenvalue weighted by Gasteiger charge is 2.33. The first-order valence-electron chi connectivity index (χ1n) is 8.19. The molecule has 1 saturated heterocycles. The summed E-state index contributed by atoms with van der Waals surface area (Å²) in [6, 6.07) is 5.06. The van der Waals surface area contributed by atoms with Gasteiger partial charge in [-0.15, -0.1) is 0 Å². The average molecular weight is 341 g/mol. The molecule has 0 spiro atoms. The van der Waals surface area contributed by atoms with E-state index in [-0.39, 0.29) is 24.5 Å². The van der Waals surface area contributed by atoms with E-state index in [0.29, 0.717) is 30.1 Å². The maximum absolute atomic E-state index is 13.2. The van der Waals surface area contributed by atoms with E-state index in [0.717, 1.165) is 12.4 Å². The molecule has 3 heterocycles. The zero-order valence-electron chi connectivity index (χ0n) is 13.9. The number of amides is 2. The van der Waals surface area contributed by atoms with Gasteiger partial charge in [-0.1, -0.05) is 6.07 Å². The summed E-state index contributed by atoms with van der Waals surface area (Å²) < 4.78 is 7.46. The van der Waals surface area contributed by atoms with Gasteiger partial charge in [0.25, 0.3) is 11.8 Å². The zero-order chi connectivity index (χ0) is 17.4. The van der Waals surface area contributed by atoms with Gasteiger partial charge in [0, 0.05) is 39.1 Å². The molecule has 1 aromatic heterocycles. The second kappa shape index (κ2) is 6.21. The first kappa shape index (κ1) is 15.6. The van der Waals surface area contributed by atoms with E-state index in [9.17, 15) is 9.59 Å². The minimum atomic E-state index is -0.217. The highest BCUT2D eigenvalue weighted by atomic mass is 16.5. The van der Waals surface area contributed by atoms with Crippen molar-refractivity contribution in [1.82, 2.24) is 19.8 Å². The number of imidazole rings is 1. The average Bonchev–Trinajstić information content (AvgIpc) is 3.06. The molecule has 0 radical (unpaired) electrons. The Kier molecular flexibility index (Phi) is 3.89. The lowest BCUT2D eigenvalue weighted by Gasteiger charge is -2.36. The van der Waals surface area contributed by atoms with Crippen molar-refractivity contribution in [3.05, 3.63) is 42.0 Å². The highest BCUT2D eigenvalue weighted by Crippen LogP contribution is 2.34. The standard InChI is InChI=1S/C17H19N5O3/c1-21-7-6-19-16(21)13-9-18-5-8-22(13)17(24)11-3-2-4-12-15(11)25-10-14(23)20-12/h2-4,6-7,13,18H,5,8-10H2,1H3,(H,20,23). The first-order chi connectivity index (χ1) is 12.1. The molecule has 2 N–H and O–H groups in total. The second-order valence-electron chi connectivity index (χ2n) is 6.13. The van der Waals surface area contributed by atoms with Gasteiger partial charge < -0.3 is 24.8 Å². The molecule has 25 heavy (non-hydrogen) atoms. The van der Waals surface area contributed by atoms with Crippen LogP contribution in [0.4, 0.5) is 5.69 Å². The van der Waals surface area contributed by atoms with Crippen LogP contribution in [0.25, 0.3) is 0 Å². The lowest BCUT2D eigenvalue weighted by Crippen LogP contribution is -2.49. The van der Waals surface area contributed by atoms with Gasteiger partial charge in [0.2, 0.25) is 0 Å². The minimum Gasteiger partial charge on any atom is -0.481 e. The molecule has 0 bridgehead atoms. The number of rotatable bonds is 2. The molecule has 130 valence electrons. The van der Waals surface area contributed by atoms with Crippen molar-refractivity contribution in [2.24, 2.45) is 7.05 Å². The lowest BCUT2D eigenvalue weighted by molar-refractivity contribution is -0.118. The number of carbonyl (C=O) groups is 2. The number of aromatic nitrogens is 2. The van der Waals surface area contributed by atoms with Crippen LogP contribution in [0.3, 0.4) is 0 Å². The van der Waals surface area contributed by atoms with Crippen molar-refractivity contribution in [2.45, 2.75) is 6.04 Å². The number of nitrogens with zero attached hydrogens (tertiary/aromatic N) is 3. The number of piperazine rings is 1. The van der Waals surface area contributed by atoms with Crippen LogP contribution in [0.5, 0.6) is 5.75 Å². The summed E-state index contributed by atoms with van der Waals surface area (Å²) in [6.07, 6.45) is 3.60. The Hall–Kier alpha value is -2.87. The van der Waals surface area contributed by atoms with E-state index in [1.807, 2.05) is 22.7 Å². The summed E-state index contributed by atoms with van der Waals surface area (Å²) in [5, 5.41) is 6.06. The Balaban J connectivity index is 1.69. The SMILES string of the molecule is Cn1ccnc1C1CNCCN1C(=O)c1cccc2c1OCC(=O)N2. The number of aryl methyl sites for hydroxylation is 1. The summed E-state index contributed by atoms with van der Waals surface area (Å²) in [6.45, 7) is 1.86. The number of hydrogen-bond acceptors (Lipinski definition) is 5. The third-order valence-corrected chi connectivity index (χ3v) is 4.53. The molecule has 1 fully saturated rings. The summed E-state index contributed by atoms with van der Waals surface area (Å²) in [5.74, 6) is 0.927. The topological polar surface area (TPSA) is 88.5 Å². The predicted octanol–water partition coefficient (Wildman–Crippen LogP) is 0.538. The maximum atomic E-state index is 13.2. The van der Waals surface area contributed by atoms with Crippen LogP contribution in [0.15, 0.2) is 30.6 Å². The van der Waals surface area contributed by atoms with Gasteiger partial charge in [0.15, 0.2) is 12.4 Å². The van der Waals surface area contributed by atoms with Gasteiger partial charge in [-0.2, -0.15) is 0 Å². The quantitative estimate of drug-likeness (QED) is 0.832. The van der Waals surface area contributed by atoms with Crippen molar-refractivity contribution in [2.75, 3.05) is 31.6 Å². The Morgan fingerprint density at radius 3 is 3.08 bits per heavy atom. The first-order valence-corrected chi connectivity index (χ1v) is 8.19. The van der Waals surface area contributed by atoms with Gasteiger partial charge in [-0.3, -0.25) is 9.59 Å². The smallest absolute Gasteiger partial charge is 0.262 e. The molecule has 1 unspecified atom stereocenters. The molecule has 0 aliphatic carbocycles. The number of para-hydroxylation sites is 1. The molecule has 1 atom stereocenters. The van der Waals surface area contributed by atoms with E-state index in [4.69, 9.17) is 4.74 Å². The van der Waals surface area contributed by atoms with E-state index in [1.54, 1.807) is 24.4 Å². The van der Waals surface area contributed by atoms with Crippen LogP contribution in [-0.4, -0.2) is 52.5 Å². The van der Waals surface area contributed by atoms with Gasteiger partial charge >= 0.3 is 0 Å². The minimum absolute atomic E-state index is 0.0817. The van der Waals surface area contributed by atoms with Crippen LogP contribution >= 0.6 is 0 Å². The van der Waals surface area contributed by atoms with Gasteiger partial charge in [0.1, 0.15) is 11.9 Å². The van der Waals surface area contributed by atoms with E-state index in [2.05, 4.69) is 15.6 Å². The highest BCUT2D eigenvalue weighted by molar-refractivity contribution is 6.03. The number of benzene rings is 1. The predicted molar refractivity (Wildman–Crippen MR) is 90.4 cm³/mol. The Morgan fingerprint density at radius 1 is 1.40 bits per heavy atom. The van der Waals surface area contributed by atoms with Crippen LogP contribution in [-0.2, 0) is 11.8 Å². The monoisotopic (exact) mass is 341 g/mol. The molecule has 4 rings (SSSR count). The van der Waals surface area contributed by atoms with Crippen molar-refractivity contribution >= 4 is 17.5 Å². The number of ether oxygens (including phenoxy) is 1. The van der Waals surface area contributed by atoms with Crippen molar-refractivity contribution in [1.29, 1.82) is 0 Å². The number of fused-ring (bicyclic) bond motifs is 1. The number of anilines is 1. The second-order valence-corrected chi connectivity index (χ2v) is 6.13. The molecule has 8 nitrogen and oxygen atoms in total. The zero-order valence-corrected chi connectivity index (χ0v) is 13.9.